The highest BCUT2D eigenvalue weighted by Crippen LogP contribution is 2.29. The number of unbranched alkanes of at least 4 members (excludes halogenated alkanes) is 3. The van der Waals surface area contributed by atoms with Crippen LogP contribution in [0.5, 0.6) is 0 Å². The quantitative estimate of drug-likeness (QED) is 0.148. The number of esters is 4. The van der Waals surface area contributed by atoms with Gasteiger partial charge in [0.15, 0.2) is 24.5 Å². The normalized spacial score (nSPS) is 22.8. The molecule has 1 saturated heterocycles. The number of amides is 3. The van der Waals surface area contributed by atoms with Crippen LogP contribution in [0.1, 0.15) is 80.5 Å². The molecule has 1 aromatic carbocycles. The van der Waals surface area contributed by atoms with Crippen LogP contribution in [-0.2, 0) is 47.7 Å². The summed E-state index contributed by atoms with van der Waals surface area (Å²) in [6.45, 7) is 4.35. The third-order valence-corrected chi connectivity index (χ3v) is 6.71. The number of nitrogens with one attached hydrogen (secondary N) is 1. The van der Waals surface area contributed by atoms with E-state index in [0.717, 1.165) is 27.7 Å². The van der Waals surface area contributed by atoms with Gasteiger partial charge in [0.25, 0.3) is 11.8 Å². The summed E-state index contributed by atoms with van der Waals surface area (Å²) in [5.74, 6) is -4.07. The zero-order valence-electron chi connectivity index (χ0n) is 24.5. The molecule has 234 valence electrons. The van der Waals surface area contributed by atoms with Crippen molar-refractivity contribution in [3.8, 4) is 0 Å². The first-order valence-electron chi connectivity index (χ1n) is 13.9. The molecular weight excluding hydrogens is 568 g/mol. The topological polar surface area (TPSA) is 181 Å². The fourth-order valence-corrected chi connectivity index (χ4v) is 4.93. The summed E-state index contributed by atoms with van der Waals surface area (Å²) in [6, 6.07) is 6.67. The van der Waals surface area contributed by atoms with Crippen molar-refractivity contribution in [2.45, 2.75) is 90.4 Å². The number of benzene rings is 1. The van der Waals surface area contributed by atoms with Gasteiger partial charge >= 0.3 is 23.9 Å². The molecule has 2 aliphatic heterocycles. The highest BCUT2D eigenvalue weighted by molar-refractivity contribution is 6.21. The van der Waals surface area contributed by atoms with Crippen LogP contribution >= 0.6 is 0 Å². The van der Waals surface area contributed by atoms with Crippen LogP contribution < -0.4 is 5.32 Å². The highest BCUT2D eigenvalue weighted by atomic mass is 16.7. The van der Waals surface area contributed by atoms with Gasteiger partial charge in [0.05, 0.1) is 11.1 Å². The van der Waals surface area contributed by atoms with Gasteiger partial charge < -0.3 is 29.0 Å². The maximum Gasteiger partial charge on any atom is 0.303 e. The minimum absolute atomic E-state index is 0.0554. The lowest BCUT2D eigenvalue weighted by Gasteiger charge is -2.44. The fraction of sp³-hybridized carbons (Fsp3) is 0.552. The smallest absolute Gasteiger partial charge is 0.303 e. The molecule has 0 bridgehead atoms. The van der Waals surface area contributed by atoms with Gasteiger partial charge in [-0.05, 0) is 25.0 Å². The fourth-order valence-electron chi connectivity index (χ4n) is 4.93. The standard InChI is InChI=1S/C29H36N2O12/c1-16(32)39-15-22-24(40-17(2)33)25(41-18(3)34)26(42-19(4)35)27(43-22)30-23(36)13-7-5-6-10-14-31-28(37)20-11-8-9-12-21(20)29(31)38/h8-9,11-12,22,24-27H,5-7,10,13-15H2,1-4H3,(H,30,36). The second-order valence-corrected chi connectivity index (χ2v) is 10.2. The van der Waals surface area contributed by atoms with Crippen molar-refractivity contribution in [1.82, 2.24) is 10.2 Å². The van der Waals surface area contributed by atoms with Gasteiger partial charge in [-0.25, -0.2) is 0 Å². The molecule has 1 N–H and O–H groups in total. The maximum atomic E-state index is 12.8. The molecule has 0 saturated carbocycles. The summed E-state index contributed by atoms with van der Waals surface area (Å²) in [4.78, 5) is 86.2. The van der Waals surface area contributed by atoms with E-state index in [1.165, 1.54) is 4.90 Å². The molecule has 0 aromatic heterocycles. The van der Waals surface area contributed by atoms with Crippen molar-refractivity contribution < 1.29 is 57.2 Å². The van der Waals surface area contributed by atoms with Crippen LogP contribution in [0, 0.1) is 0 Å². The number of ether oxygens (including phenoxy) is 5. The van der Waals surface area contributed by atoms with Gasteiger partial charge in [-0.3, -0.25) is 38.5 Å². The Labute approximate surface area is 248 Å². The molecule has 1 fully saturated rings. The molecule has 14 nitrogen and oxygen atoms in total. The van der Waals surface area contributed by atoms with Gasteiger partial charge in [0, 0.05) is 40.7 Å². The summed E-state index contributed by atoms with van der Waals surface area (Å²) in [6.07, 6.45) is -4.24. The van der Waals surface area contributed by atoms with Crippen LogP contribution in [0.15, 0.2) is 24.3 Å². The largest absolute Gasteiger partial charge is 0.463 e. The molecular formula is C29H36N2O12. The second-order valence-electron chi connectivity index (χ2n) is 10.2. The van der Waals surface area contributed by atoms with E-state index in [0.29, 0.717) is 36.8 Å². The van der Waals surface area contributed by atoms with Gasteiger partial charge in [-0.15, -0.1) is 0 Å². The van der Waals surface area contributed by atoms with E-state index in [9.17, 15) is 33.6 Å². The average molecular weight is 605 g/mol. The van der Waals surface area contributed by atoms with Crippen molar-refractivity contribution in [2.75, 3.05) is 13.2 Å². The van der Waals surface area contributed by atoms with E-state index < -0.39 is 67.0 Å². The summed E-state index contributed by atoms with van der Waals surface area (Å²) in [7, 11) is 0. The van der Waals surface area contributed by atoms with Crippen LogP contribution in [0.4, 0.5) is 0 Å². The number of fused-ring (bicyclic) bond motifs is 1. The molecule has 1 aromatic rings. The minimum Gasteiger partial charge on any atom is -0.463 e. The van der Waals surface area contributed by atoms with Gasteiger partial charge in [-0.2, -0.15) is 0 Å². The van der Waals surface area contributed by atoms with Gasteiger partial charge in [0.1, 0.15) is 12.7 Å². The van der Waals surface area contributed by atoms with E-state index in [-0.39, 0.29) is 24.8 Å². The lowest BCUT2D eigenvalue weighted by Crippen LogP contribution is -2.66. The molecule has 43 heavy (non-hydrogen) atoms. The summed E-state index contributed by atoms with van der Waals surface area (Å²) in [5.41, 5.74) is 0.790. The lowest BCUT2D eigenvalue weighted by molar-refractivity contribution is -0.257. The van der Waals surface area contributed by atoms with Gasteiger partial charge in [0.2, 0.25) is 5.91 Å². The molecule has 0 spiro atoms. The predicted octanol–water partition coefficient (Wildman–Crippen LogP) is 1.43. The van der Waals surface area contributed by atoms with Crippen LogP contribution in [0.25, 0.3) is 0 Å². The van der Waals surface area contributed by atoms with Crippen molar-refractivity contribution in [3.63, 3.8) is 0 Å². The van der Waals surface area contributed by atoms with E-state index in [4.69, 9.17) is 23.7 Å². The first-order chi connectivity index (χ1) is 20.4. The molecule has 2 aliphatic rings. The predicted molar refractivity (Wildman–Crippen MR) is 145 cm³/mol. The van der Waals surface area contributed by atoms with E-state index in [1.807, 2.05) is 0 Å². The van der Waals surface area contributed by atoms with Crippen LogP contribution in [-0.4, -0.2) is 90.3 Å². The van der Waals surface area contributed by atoms with Crippen molar-refractivity contribution >= 4 is 41.6 Å². The Morgan fingerprint density at radius 1 is 0.744 bits per heavy atom. The SMILES string of the molecule is CC(=O)OCC1OC(NC(=O)CCCCCCN2C(=O)c3ccccc3C2=O)C(OC(C)=O)C(OC(C)=O)C1OC(C)=O. The number of carbonyl (C=O) groups is 7. The molecule has 0 radical (unpaired) electrons. The third kappa shape index (κ3) is 9.08. The summed E-state index contributed by atoms with van der Waals surface area (Å²) < 4.78 is 26.9. The number of imide groups is 1. The Kier molecular flexibility index (Phi) is 11.8. The molecule has 5 unspecified atom stereocenters. The Hall–Kier alpha value is -4.33. The number of carbonyl (C=O) groups excluding carboxylic acids is 7. The molecule has 3 rings (SSSR count). The van der Waals surface area contributed by atoms with Crippen molar-refractivity contribution in [1.29, 1.82) is 0 Å². The van der Waals surface area contributed by atoms with E-state index >= 15 is 0 Å². The Morgan fingerprint density at radius 3 is 1.84 bits per heavy atom. The van der Waals surface area contributed by atoms with Crippen LogP contribution in [0.3, 0.4) is 0 Å². The molecule has 2 heterocycles. The third-order valence-electron chi connectivity index (χ3n) is 6.71. The first kappa shape index (κ1) is 33.2. The number of hydrogen-bond donors (Lipinski definition) is 1. The monoisotopic (exact) mass is 604 g/mol. The molecule has 5 atom stereocenters. The Morgan fingerprint density at radius 2 is 1.28 bits per heavy atom. The number of rotatable bonds is 13. The number of hydrogen-bond acceptors (Lipinski definition) is 12. The Bertz CT molecular complexity index is 1210. The van der Waals surface area contributed by atoms with Gasteiger partial charge in [-0.1, -0.05) is 25.0 Å². The molecule has 0 aliphatic carbocycles. The summed E-state index contributed by atoms with van der Waals surface area (Å²) >= 11 is 0. The second kappa shape index (κ2) is 15.2. The number of nitrogens with zero attached hydrogens (tertiary/aromatic N) is 1. The maximum absolute atomic E-state index is 12.8. The van der Waals surface area contributed by atoms with E-state index in [2.05, 4.69) is 5.32 Å². The Balaban J connectivity index is 1.58. The summed E-state index contributed by atoms with van der Waals surface area (Å²) in [5, 5.41) is 2.62. The highest BCUT2D eigenvalue weighted by Gasteiger charge is 2.52. The molecule has 14 heteroatoms. The van der Waals surface area contributed by atoms with Crippen molar-refractivity contribution in [3.05, 3.63) is 35.4 Å². The average Bonchev–Trinajstić information content (AvgIpc) is 3.16. The minimum atomic E-state index is -1.39. The van der Waals surface area contributed by atoms with Crippen LogP contribution in [0.2, 0.25) is 0 Å². The van der Waals surface area contributed by atoms with Crippen molar-refractivity contribution in [2.24, 2.45) is 0 Å². The molecule has 3 amide bonds. The zero-order chi connectivity index (χ0) is 31.7. The zero-order valence-corrected chi connectivity index (χ0v) is 24.5. The van der Waals surface area contributed by atoms with E-state index in [1.54, 1.807) is 24.3 Å². The first-order valence-corrected chi connectivity index (χ1v) is 13.9. The lowest BCUT2D eigenvalue weighted by atomic mass is 9.97.